The van der Waals surface area contributed by atoms with E-state index in [9.17, 15) is 4.79 Å². The summed E-state index contributed by atoms with van der Waals surface area (Å²) in [5.41, 5.74) is 3.33. The monoisotopic (exact) mass is 499 g/mol. The molecule has 0 saturated heterocycles. The summed E-state index contributed by atoms with van der Waals surface area (Å²) in [5.74, 6) is 0.929. The highest BCUT2D eigenvalue weighted by atomic mass is 35.5. The van der Waals surface area contributed by atoms with Crippen molar-refractivity contribution in [3.63, 3.8) is 0 Å². The lowest BCUT2D eigenvalue weighted by Gasteiger charge is -2.08. The molecule has 168 valence electrons. The Morgan fingerprint density at radius 1 is 0.939 bits per heavy atom. The van der Waals surface area contributed by atoms with E-state index in [4.69, 9.17) is 39.5 Å². The second kappa shape index (κ2) is 10.3. The van der Waals surface area contributed by atoms with E-state index >= 15 is 0 Å². The van der Waals surface area contributed by atoms with Crippen molar-refractivity contribution in [2.75, 3.05) is 5.32 Å². The van der Waals surface area contributed by atoms with Crippen LogP contribution in [0, 0.1) is 6.92 Å². The number of carbonyl (C=O) groups is 1. The fourth-order valence-corrected chi connectivity index (χ4v) is 3.71. The third-order valence-electron chi connectivity index (χ3n) is 4.96. The summed E-state index contributed by atoms with van der Waals surface area (Å²) in [7, 11) is 0. The van der Waals surface area contributed by atoms with Gasteiger partial charge in [-0.25, -0.2) is 0 Å². The van der Waals surface area contributed by atoms with Gasteiger partial charge in [-0.05, 0) is 60.5 Å². The number of hydrogen-bond acceptors (Lipinski definition) is 3. The largest absolute Gasteiger partial charge is 0.489 e. The first-order valence-electron chi connectivity index (χ1n) is 10.1. The maximum Gasteiger partial charge on any atom is 0.256 e. The molecule has 1 N–H and O–H groups in total. The van der Waals surface area contributed by atoms with Gasteiger partial charge in [-0.3, -0.25) is 9.48 Å². The van der Waals surface area contributed by atoms with Crippen molar-refractivity contribution in [2.24, 2.45) is 0 Å². The summed E-state index contributed by atoms with van der Waals surface area (Å²) in [6.45, 7) is 2.81. The fourth-order valence-electron chi connectivity index (χ4n) is 3.21. The predicted molar refractivity (Wildman–Crippen MR) is 133 cm³/mol. The number of aromatic nitrogens is 2. The number of hydrogen-bond donors (Lipinski definition) is 1. The van der Waals surface area contributed by atoms with E-state index < -0.39 is 0 Å². The van der Waals surface area contributed by atoms with Crippen LogP contribution in [0.3, 0.4) is 0 Å². The molecule has 0 fully saturated rings. The maximum absolute atomic E-state index is 12.7. The minimum Gasteiger partial charge on any atom is -0.489 e. The van der Waals surface area contributed by atoms with E-state index in [-0.39, 0.29) is 5.91 Å². The van der Waals surface area contributed by atoms with Gasteiger partial charge in [0.2, 0.25) is 0 Å². The first-order valence-corrected chi connectivity index (χ1v) is 11.3. The van der Waals surface area contributed by atoms with Crippen molar-refractivity contribution in [3.8, 4) is 5.75 Å². The molecule has 8 heteroatoms. The van der Waals surface area contributed by atoms with E-state index in [0.717, 1.165) is 16.8 Å². The highest BCUT2D eigenvalue weighted by molar-refractivity contribution is 6.42. The van der Waals surface area contributed by atoms with Gasteiger partial charge in [0.1, 0.15) is 12.4 Å². The molecule has 0 unspecified atom stereocenters. The minimum absolute atomic E-state index is 0.239. The van der Waals surface area contributed by atoms with Gasteiger partial charge in [-0.15, -0.1) is 0 Å². The number of rotatable bonds is 7. The van der Waals surface area contributed by atoms with Crippen LogP contribution in [0.1, 0.15) is 27.2 Å². The van der Waals surface area contributed by atoms with E-state index in [1.165, 1.54) is 0 Å². The Hall–Kier alpha value is -2.99. The molecule has 3 aromatic carbocycles. The number of anilines is 1. The van der Waals surface area contributed by atoms with Crippen LogP contribution in [0.2, 0.25) is 15.1 Å². The molecule has 0 aliphatic carbocycles. The van der Waals surface area contributed by atoms with Crippen LogP contribution < -0.4 is 10.1 Å². The average Bonchev–Trinajstić information content (AvgIpc) is 3.13. The van der Waals surface area contributed by atoms with Gasteiger partial charge in [0.25, 0.3) is 5.91 Å². The summed E-state index contributed by atoms with van der Waals surface area (Å²) in [5, 5.41) is 8.95. The number of halogens is 3. The zero-order valence-corrected chi connectivity index (χ0v) is 20.0. The van der Waals surface area contributed by atoms with Gasteiger partial charge in [0, 0.05) is 22.3 Å². The first-order chi connectivity index (χ1) is 15.9. The second-order valence-electron chi connectivity index (χ2n) is 7.47. The van der Waals surface area contributed by atoms with Gasteiger partial charge in [-0.2, -0.15) is 5.10 Å². The number of amides is 1. The zero-order valence-electron chi connectivity index (χ0n) is 17.7. The second-order valence-corrected chi connectivity index (χ2v) is 8.73. The van der Waals surface area contributed by atoms with Crippen LogP contribution in [0.4, 0.5) is 5.82 Å². The highest BCUT2D eigenvalue weighted by Gasteiger charge is 2.11. The molecular weight excluding hydrogens is 481 g/mol. The Balaban J connectivity index is 1.37. The van der Waals surface area contributed by atoms with E-state index in [1.807, 2.05) is 43.3 Å². The van der Waals surface area contributed by atoms with E-state index in [1.54, 1.807) is 41.1 Å². The summed E-state index contributed by atoms with van der Waals surface area (Å²) in [4.78, 5) is 12.7. The Labute approximate surface area is 206 Å². The number of nitrogens with zero attached hydrogens (tertiary/aromatic N) is 2. The van der Waals surface area contributed by atoms with Crippen molar-refractivity contribution in [3.05, 3.63) is 110 Å². The number of benzene rings is 3. The Morgan fingerprint density at radius 2 is 1.70 bits per heavy atom. The van der Waals surface area contributed by atoms with E-state index in [0.29, 0.717) is 45.4 Å². The summed E-state index contributed by atoms with van der Waals surface area (Å²) in [6.07, 6.45) is 0. The Bertz CT molecular complexity index is 1290. The molecule has 33 heavy (non-hydrogen) atoms. The predicted octanol–water partition coefficient (Wildman–Crippen LogP) is 7.03. The van der Waals surface area contributed by atoms with Gasteiger partial charge in [0.15, 0.2) is 5.82 Å². The Kier molecular flexibility index (Phi) is 7.23. The van der Waals surface area contributed by atoms with E-state index in [2.05, 4.69) is 10.4 Å². The lowest BCUT2D eigenvalue weighted by atomic mass is 10.1. The number of nitrogens with one attached hydrogen (secondary N) is 1. The van der Waals surface area contributed by atoms with Crippen LogP contribution in [0.5, 0.6) is 5.75 Å². The molecule has 4 aromatic rings. The van der Waals surface area contributed by atoms with Crippen LogP contribution in [0.25, 0.3) is 0 Å². The Morgan fingerprint density at radius 3 is 2.42 bits per heavy atom. The molecule has 0 atom stereocenters. The summed E-state index contributed by atoms with van der Waals surface area (Å²) >= 11 is 18.1. The third kappa shape index (κ3) is 6.08. The lowest BCUT2D eigenvalue weighted by molar-refractivity contribution is 0.102. The molecule has 1 aromatic heterocycles. The standard InChI is InChI=1S/C25H20Cl3N3O2/c1-16-11-24(30-31(16)14-18-7-10-22(27)23(28)12-18)29-25(32)19-8-5-17(6-9-19)15-33-21-4-2-3-20(26)13-21/h2-13H,14-15H2,1H3,(H,29,30,32). The molecule has 4 rings (SSSR count). The van der Waals surface area contributed by atoms with Crippen molar-refractivity contribution in [1.29, 1.82) is 0 Å². The number of ether oxygens (including phenoxy) is 1. The van der Waals surface area contributed by atoms with Crippen LogP contribution >= 0.6 is 34.8 Å². The van der Waals surface area contributed by atoms with Crippen molar-refractivity contribution < 1.29 is 9.53 Å². The van der Waals surface area contributed by atoms with Crippen LogP contribution in [-0.4, -0.2) is 15.7 Å². The molecular formula is C25H20Cl3N3O2. The molecule has 0 spiro atoms. The summed E-state index contributed by atoms with van der Waals surface area (Å²) in [6, 6.07) is 21.7. The molecule has 0 saturated carbocycles. The molecule has 1 heterocycles. The number of carbonyl (C=O) groups excluding carboxylic acids is 1. The molecule has 0 bridgehead atoms. The highest BCUT2D eigenvalue weighted by Crippen LogP contribution is 2.23. The summed E-state index contributed by atoms with van der Waals surface area (Å²) < 4.78 is 7.53. The molecule has 0 radical (unpaired) electrons. The zero-order chi connectivity index (χ0) is 23.4. The van der Waals surface area contributed by atoms with Crippen molar-refractivity contribution in [2.45, 2.75) is 20.1 Å². The quantitative estimate of drug-likeness (QED) is 0.296. The maximum atomic E-state index is 12.7. The molecule has 0 aliphatic heterocycles. The molecule has 5 nitrogen and oxygen atoms in total. The average molecular weight is 501 g/mol. The SMILES string of the molecule is Cc1cc(NC(=O)c2ccc(COc3cccc(Cl)c3)cc2)nn1Cc1ccc(Cl)c(Cl)c1. The minimum atomic E-state index is -0.239. The van der Waals surface area contributed by atoms with Crippen molar-refractivity contribution >= 4 is 46.5 Å². The molecule has 1 amide bonds. The van der Waals surface area contributed by atoms with Crippen molar-refractivity contribution in [1.82, 2.24) is 9.78 Å². The molecule has 0 aliphatic rings. The van der Waals surface area contributed by atoms with Crippen LogP contribution in [0.15, 0.2) is 72.8 Å². The normalized spacial score (nSPS) is 10.8. The third-order valence-corrected chi connectivity index (χ3v) is 5.93. The van der Waals surface area contributed by atoms with Gasteiger partial charge >= 0.3 is 0 Å². The van der Waals surface area contributed by atoms with Gasteiger partial charge in [-0.1, -0.05) is 59.1 Å². The van der Waals surface area contributed by atoms with Gasteiger partial charge in [0.05, 0.1) is 16.6 Å². The smallest absolute Gasteiger partial charge is 0.256 e. The topological polar surface area (TPSA) is 56.1 Å². The van der Waals surface area contributed by atoms with Crippen LogP contribution in [-0.2, 0) is 13.2 Å². The lowest BCUT2D eigenvalue weighted by Crippen LogP contribution is -2.13. The fraction of sp³-hybridized carbons (Fsp3) is 0.120. The van der Waals surface area contributed by atoms with Gasteiger partial charge < -0.3 is 10.1 Å². The number of aryl methyl sites for hydroxylation is 1. The first kappa shape index (κ1) is 23.2.